The Balaban J connectivity index is 2.03. The summed E-state index contributed by atoms with van der Waals surface area (Å²) in [5, 5.41) is 11.4. The molecule has 0 spiro atoms. The standard InChI is InChI=1S/C18H24FNO5/c1-17(2,3)25-16(21)20-7-5-4-6-18(20,22)13-10-12(19)11-14-15(13)24-9-8-23-14/h10-11,22H,4-9H2,1-3H3. The van der Waals surface area contributed by atoms with Gasteiger partial charge in [-0.15, -0.1) is 0 Å². The summed E-state index contributed by atoms with van der Waals surface area (Å²) >= 11 is 0. The van der Waals surface area contributed by atoms with E-state index in [4.69, 9.17) is 14.2 Å². The van der Waals surface area contributed by atoms with Crippen LogP contribution in [-0.4, -0.2) is 41.5 Å². The summed E-state index contributed by atoms with van der Waals surface area (Å²) in [5.74, 6) is -0.0302. The van der Waals surface area contributed by atoms with E-state index in [1.165, 1.54) is 17.0 Å². The Kier molecular flexibility index (Phi) is 4.53. The van der Waals surface area contributed by atoms with Crippen molar-refractivity contribution in [1.82, 2.24) is 4.90 Å². The van der Waals surface area contributed by atoms with E-state index in [1.807, 2.05) is 0 Å². The number of nitrogens with zero attached hydrogens (tertiary/aromatic N) is 1. The zero-order valence-corrected chi connectivity index (χ0v) is 14.8. The van der Waals surface area contributed by atoms with Crippen LogP contribution in [0.4, 0.5) is 9.18 Å². The number of halogens is 1. The second-order valence-electron chi connectivity index (χ2n) is 7.38. The lowest BCUT2D eigenvalue weighted by Gasteiger charge is -2.44. The van der Waals surface area contributed by atoms with Gasteiger partial charge in [-0.3, -0.25) is 4.90 Å². The van der Waals surface area contributed by atoms with Crippen molar-refractivity contribution in [3.8, 4) is 11.5 Å². The first-order chi connectivity index (χ1) is 11.7. The number of aliphatic hydroxyl groups is 1. The molecule has 6 nitrogen and oxygen atoms in total. The van der Waals surface area contributed by atoms with Gasteiger partial charge in [-0.2, -0.15) is 0 Å². The zero-order valence-electron chi connectivity index (χ0n) is 14.8. The molecular formula is C18H24FNO5. The third-order valence-electron chi connectivity index (χ3n) is 4.26. The van der Waals surface area contributed by atoms with E-state index in [1.54, 1.807) is 20.8 Å². The van der Waals surface area contributed by atoms with Crippen molar-refractivity contribution in [3.05, 3.63) is 23.5 Å². The third kappa shape index (κ3) is 3.51. The van der Waals surface area contributed by atoms with E-state index >= 15 is 0 Å². The van der Waals surface area contributed by atoms with E-state index in [0.29, 0.717) is 26.2 Å². The van der Waals surface area contributed by atoms with Crippen molar-refractivity contribution < 1.29 is 28.5 Å². The molecule has 1 saturated heterocycles. The maximum absolute atomic E-state index is 14.1. The van der Waals surface area contributed by atoms with E-state index in [-0.39, 0.29) is 23.5 Å². The minimum absolute atomic E-state index is 0.202. The van der Waals surface area contributed by atoms with Crippen molar-refractivity contribution in [2.24, 2.45) is 0 Å². The Bertz CT molecular complexity index is 672. The average Bonchev–Trinajstić information content (AvgIpc) is 2.52. The molecule has 1 aromatic rings. The van der Waals surface area contributed by atoms with Crippen molar-refractivity contribution in [1.29, 1.82) is 0 Å². The molecule has 0 bridgehead atoms. The number of likely N-dealkylation sites (tertiary alicyclic amines) is 1. The highest BCUT2D eigenvalue weighted by Gasteiger charge is 2.46. The molecule has 138 valence electrons. The number of benzene rings is 1. The summed E-state index contributed by atoms with van der Waals surface area (Å²) in [4.78, 5) is 13.9. The van der Waals surface area contributed by atoms with Crippen LogP contribution < -0.4 is 9.47 Å². The molecule has 2 aliphatic rings. The average molecular weight is 353 g/mol. The summed E-state index contributed by atoms with van der Waals surface area (Å²) in [7, 11) is 0. The summed E-state index contributed by atoms with van der Waals surface area (Å²) in [6.45, 7) is 6.20. The van der Waals surface area contributed by atoms with E-state index in [0.717, 1.165) is 6.42 Å². The minimum atomic E-state index is -1.70. The Morgan fingerprint density at radius 1 is 1.28 bits per heavy atom. The lowest BCUT2D eigenvalue weighted by molar-refractivity contribution is -0.134. The maximum Gasteiger partial charge on any atom is 0.412 e. The van der Waals surface area contributed by atoms with E-state index in [9.17, 15) is 14.3 Å². The molecule has 0 aromatic heterocycles. The monoisotopic (exact) mass is 353 g/mol. The Morgan fingerprint density at radius 2 is 2.00 bits per heavy atom. The van der Waals surface area contributed by atoms with Gasteiger partial charge in [0.05, 0.1) is 5.56 Å². The fourth-order valence-electron chi connectivity index (χ4n) is 3.22. The quantitative estimate of drug-likeness (QED) is 0.840. The second kappa shape index (κ2) is 6.37. The molecule has 25 heavy (non-hydrogen) atoms. The van der Waals surface area contributed by atoms with Crippen molar-refractivity contribution in [2.45, 2.75) is 51.4 Å². The van der Waals surface area contributed by atoms with Crippen LogP contribution in [0.1, 0.15) is 45.6 Å². The Hall–Kier alpha value is -2.02. The smallest absolute Gasteiger partial charge is 0.412 e. The van der Waals surface area contributed by atoms with Gasteiger partial charge in [0.15, 0.2) is 17.2 Å². The highest BCUT2D eigenvalue weighted by atomic mass is 19.1. The Labute approximate surface area is 146 Å². The van der Waals surface area contributed by atoms with Gasteiger partial charge in [-0.05, 0) is 39.7 Å². The number of amides is 1. The van der Waals surface area contributed by atoms with Crippen LogP contribution in [0.5, 0.6) is 11.5 Å². The summed E-state index contributed by atoms with van der Waals surface area (Å²) in [5.41, 5.74) is -2.20. The van der Waals surface area contributed by atoms with Crippen LogP contribution in [0.3, 0.4) is 0 Å². The van der Waals surface area contributed by atoms with Gasteiger partial charge in [0.25, 0.3) is 0 Å². The predicted molar refractivity (Wildman–Crippen MR) is 88.1 cm³/mol. The van der Waals surface area contributed by atoms with Crippen molar-refractivity contribution in [2.75, 3.05) is 19.8 Å². The molecule has 2 aliphatic heterocycles. The molecule has 0 saturated carbocycles. The van der Waals surface area contributed by atoms with Crippen LogP contribution in [0.15, 0.2) is 12.1 Å². The highest BCUT2D eigenvalue weighted by Crippen LogP contribution is 2.45. The summed E-state index contributed by atoms with van der Waals surface area (Å²) in [6, 6.07) is 2.43. The molecule has 0 aliphatic carbocycles. The van der Waals surface area contributed by atoms with E-state index in [2.05, 4.69) is 0 Å². The first-order valence-electron chi connectivity index (χ1n) is 8.53. The molecule has 1 N–H and O–H groups in total. The van der Waals surface area contributed by atoms with Gasteiger partial charge in [0, 0.05) is 19.0 Å². The predicted octanol–water partition coefficient (Wildman–Crippen LogP) is 3.16. The number of carbonyl (C=O) groups is 1. The largest absolute Gasteiger partial charge is 0.486 e. The minimum Gasteiger partial charge on any atom is -0.486 e. The van der Waals surface area contributed by atoms with Crippen LogP contribution in [0, 0.1) is 5.82 Å². The second-order valence-corrected chi connectivity index (χ2v) is 7.38. The van der Waals surface area contributed by atoms with Gasteiger partial charge in [0.2, 0.25) is 0 Å². The SMILES string of the molecule is CC(C)(C)OC(=O)N1CCCCC1(O)c1cc(F)cc2c1OCCO2. The van der Waals surface area contributed by atoms with Crippen LogP contribution >= 0.6 is 0 Å². The zero-order chi connectivity index (χ0) is 18.2. The number of carbonyl (C=O) groups excluding carboxylic acids is 1. The normalized spacial score (nSPS) is 23.3. The highest BCUT2D eigenvalue weighted by molar-refractivity contribution is 5.70. The molecule has 0 radical (unpaired) electrons. The number of ether oxygens (including phenoxy) is 3. The number of fused-ring (bicyclic) bond motifs is 1. The fraction of sp³-hybridized carbons (Fsp3) is 0.611. The van der Waals surface area contributed by atoms with Crippen molar-refractivity contribution in [3.63, 3.8) is 0 Å². The Morgan fingerprint density at radius 3 is 2.72 bits per heavy atom. The van der Waals surface area contributed by atoms with Gasteiger partial charge < -0.3 is 19.3 Å². The number of piperidine rings is 1. The fourth-order valence-corrected chi connectivity index (χ4v) is 3.22. The van der Waals surface area contributed by atoms with Crippen molar-refractivity contribution >= 4 is 6.09 Å². The van der Waals surface area contributed by atoms with Gasteiger partial charge >= 0.3 is 6.09 Å². The first kappa shape index (κ1) is 17.8. The number of rotatable bonds is 1. The van der Waals surface area contributed by atoms with Crippen LogP contribution in [0.25, 0.3) is 0 Å². The molecule has 7 heteroatoms. The van der Waals surface area contributed by atoms with Gasteiger partial charge in [-0.1, -0.05) is 0 Å². The molecule has 1 fully saturated rings. The summed E-state index contributed by atoms with van der Waals surface area (Å²) in [6.07, 6.45) is 1.06. The van der Waals surface area contributed by atoms with Gasteiger partial charge in [-0.25, -0.2) is 9.18 Å². The first-order valence-corrected chi connectivity index (χ1v) is 8.53. The molecule has 1 atom stereocenters. The lowest BCUT2D eigenvalue weighted by atomic mass is 9.90. The van der Waals surface area contributed by atoms with Gasteiger partial charge in [0.1, 0.15) is 24.6 Å². The number of hydrogen-bond donors (Lipinski definition) is 1. The molecule has 1 aromatic carbocycles. The lowest BCUT2D eigenvalue weighted by Crippen LogP contribution is -2.54. The molecular weight excluding hydrogens is 329 g/mol. The topological polar surface area (TPSA) is 68.2 Å². The third-order valence-corrected chi connectivity index (χ3v) is 4.26. The van der Waals surface area contributed by atoms with E-state index < -0.39 is 23.2 Å². The molecule has 1 unspecified atom stereocenters. The molecule has 1 amide bonds. The number of hydrogen-bond acceptors (Lipinski definition) is 5. The molecule has 3 rings (SSSR count). The molecule has 2 heterocycles. The maximum atomic E-state index is 14.1. The van der Waals surface area contributed by atoms with Crippen LogP contribution in [0.2, 0.25) is 0 Å². The van der Waals surface area contributed by atoms with Crippen LogP contribution in [-0.2, 0) is 10.5 Å². The summed E-state index contributed by atoms with van der Waals surface area (Å²) < 4.78 is 30.6.